The number of sulfonamides is 1. The molecule has 1 spiro atoms. The fourth-order valence-corrected chi connectivity index (χ4v) is 5.37. The highest BCUT2D eigenvalue weighted by molar-refractivity contribution is 7.89. The number of amides is 1. The summed E-state index contributed by atoms with van der Waals surface area (Å²) in [5.41, 5.74) is 0.477. The monoisotopic (exact) mass is 383 g/mol. The highest BCUT2D eigenvalue weighted by atomic mass is 32.2. The lowest BCUT2D eigenvalue weighted by atomic mass is 9.59. The van der Waals surface area contributed by atoms with Gasteiger partial charge in [0.1, 0.15) is 0 Å². The SMILES string of the molecule is CCN(CC)C(=O)c1cn(C2CCC23CCN(S(=O)(=O)CC)CC3)nn1. The molecule has 1 unspecified atom stereocenters. The van der Waals surface area contributed by atoms with E-state index in [4.69, 9.17) is 0 Å². The number of aromatic nitrogens is 3. The van der Waals surface area contributed by atoms with Crippen molar-refractivity contribution in [2.45, 2.75) is 52.5 Å². The van der Waals surface area contributed by atoms with E-state index in [9.17, 15) is 13.2 Å². The molecule has 1 amide bonds. The molecular weight excluding hydrogens is 354 g/mol. The minimum absolute atomic E-state index is 0.0847. The van der Waals surface area contributed by atoms with Crippen molar-refractivity contribution in [2.75, 3.05) is 31.9 Å². The van der Waals surface area contributed by atoms with Gasteiger partial charge in [-0.1, -0.05) is 5.21 Å². The Hall–Kier alpha value is -1.48. The number of hydrogen-bond donors (Lipinski definition) is 0. The minimum Gasteiger partial charge on any atom is -0.338 e. The van der Waals surface area contributed by atoms with E-state index < -0.39 is 10.0 Å². The summed E-state index contributed by atoms with van der Waals surface area (Å²) >= 11 is 0. The predicted octanol–water partition coefficient (Wildman–Crippen LogP) is 1.53. The summed E-state index contributed by atoms with van der Waals surface area (Å²) < 4.78 is 27.6. The number of piperidine rings is 1. The Balaban J connectivity index is 1.70. The van der Waals surface area contributed by atoms with Crippen molar-refractivity contribution in [2.24, 2.45) is 5.41 Å². The molecule has 1 aliphatic heterocycles. The normalized spacial score (nSPS) is 23.0. The second-order valence-corrected chi connectivity index (χ2v) is 9.54. The third-order valence-corrected chi connectivity index (χ3v) is 8.08. The molecule has 0 aromatic carbocycles. The largest absolute Gasteiger partial charge is 0.338 e. The van der Waals surface area contributed by atoms with E-state index in [1.54, 1.807) is 22.3 Å². The molecule has 26 heavy (non-hydrogen) atoms. The number of carbonyl (C=O) groups is 1. The maximum absolute atomic E-state index is 12.4. The van der Waals surface area contributed by atoms with Crippen LogP contribution in [0.15, 0.2) is 6.20 Å². The van der Waals surface area contributed by atoms with Crippen LogP contribution in [0, 0.1) is 5.41 Å². The first-order valence-electron chi connectivity index (χ1n) is 9.55. The van der Waals surface area contributed by atoms with Crippen molar-refractivity contribution >= 4 is 15.9 Å². The smallest absolute Gasteiger partial charge is 0.276 e. The Morgan fingerprint density at radius 1 is 1.23 bits per heavy atom. The van der Waals surface area contributed by atoms with Crippen molar-refractivity contribution in [3.63, 3.8) is 0 Å². The lowest BCUT2D eigenvalue weighted by molar-refractivity contribution is -0.0159. The van der Waals surface area contributed by atoms with Crippen LogP contribution in [-0.4, -0.2) is 70.5 Å². The Labute approximate surface area is 155 Å². The van der Waals surface area contributed by atoms with E-state index in [2.05, 4.69) is 10.3 Å². The molecule has 2 heterocycles. The molecule has 3 rings (SSSR count). The third kappa shape index (κ3) is 3.26. The zero-order valence-electron chi connectivity index (χ0n) is 15.9. The second kappa shape index (κ2) is 7.26. The van der Waals surface area contributed by atoms with Crippen LogP contribution in [0.1, 0.15) is 63.0 Å². The summed E-state index contributed by atoms with van der Waals surface area (Å²) in [6.07, 6.45) is 5.53. The van der Waals surface area contributed by atoms with E-state index in [0.717, 1.165) is 25.7 Å². The van der Waals surface area contributed by atoms with Gasteiger partial charge in [-0.2, -0.15) is 0 Å². The lowest BCUT2D eigenvalue weighted by Crippen LogP contribution is -2.51. The van der Waals surface area contributed by atoms with Crippen LogP contribution < -0.4 is 0 Å². The van der Waals surface area contributed by atoms with Crippen LogP contribution in [0.25, 0.3) is 0 Å². The Morgan fingerprint density at radius 2 is 1.88 bits per heavy atom. The molecule has 2 fully saturated rings. The van der Waals surface area contributed by atoms with Gasteiger partial charge in [0.2, 0.25) is 10.0 Å². The Morgan fingerprint density at radius 3 is 2.38 bits per heavy atom. The van der Waals surface area contributed by atoms with Crippen molar-refractivity contribution in [3.8, 4) is 0 Å². The molecule has 0 bridgehead atoms. The summed E-state index contributed by atoms with van der Waals surface area (Å²) in [4.78, 5) is 14.2. The summed E-state index contributed by atoms with van der Waals surface area (Å²) in [6.45, 7) is 8.04. The van der Waals surface area contributed by atoms with Crippen LogP contribution in [0.2, 0.25) is 0 Å². The third-order valence-electron chi connectivity index (χ3n) is 6.20. The van der Waals surface area contributed by atoms with Gasteiger partial charge in [0, 0.05) is 26.2 Å². The standard InChI is InChI=1S/C17H29N5O3S/c1-4-20(5-2)16(23)14-13-22(19-18-14)15-7-8-17(15)9-11-21(12-10-17)26(24,25)6-3/h13,15H,4-12H2,1-3H3. The highest BCUT2D eigenvalue weighted by Gasteiger charge is 2.50. The van der Waals surface area contributed by atoms with E-state index in [1.165, 1.54) is 0 Å². The first-order chi connectivity index (χ1) is 12.4. The lowest BCUT2D eigenvalue weighted by Gasteiger charge is -2.53. The van der Waals surface area contributed by atoms with E-state index in [1.807, 2.05) is 18.5 Å². The van der Waals surface area contributed by atoms with Crippen LogP contribution in [0.5, 0.6) is 0 Å². The molecule has 1 atom stereocenters. The number of nitrogens with zero attached hydrogens (tertiary/aromatic N) is 5. The average Bonchev–Trinajstić information content (AvgIpc) is 3.11. The van der Waals surface area contributed by atoms with Gasteiger partial charge < -0.3 is 4.90 Å². The summed E-state index contributed by atoms with van der Waals surface area (Å²) in [7, 11) is -3.11. The second-order valence-electron chi connectivity index (χ2n) is 7.28. The zero-order chi connectivity index (χ0) is 18.9. The first kappa shape index (κ1) is 19.3. The summed E-state index contributed by atoms with van der Waals surface area (Å²) in [5.74, 6) is 0.0713. The van der Waals surface area contributed by atoms with Gasteiger partial charge in [-0.05, 0) is 51.9 Å². The van der Waals surface area contributed by atoms with Gasteiger partial charge in [0.05, 0.1) is 18.0 Å². The molecule has 1 aromatic rings. The predicted molar refractivity (Wildman–Crippen MR) is 98.2 cm³/mol. The van der Waals surface area contributed by atoms with Crippen molar-refractivity contribution < 1.29 is 13.2 Å². The van der Waals surface area contributed by atoms with Gasteiger partial charge >= 0.3 is 0 Å². The molecule has 9 heteroatoms. The van der Waals surface area contributed by atoms with Gasteiger partial charge in [0.25, 0.3) is 5.91 Å². The molecular formula is C17H29N5O3S. The van der Waals surface area contributed by atoms with Crippen molar-refractivity contribution in [1.82, 2.24) is 24.2 Å². The van der Waals surface area contributed by atoms with Crippen LogP contribution in [0.4, 0.5) is 0 Å². The van der Waals surface area contributed by atoms with Gasteiger partial charge in [-0.15, -0.1) is 5.10 Å². The quantitative estimate of drug-likeness (QED) is 0.743. The Bertz CT molecular complexity index is 748. The molecule has 1 aliphatic carbocycles. The molecule has 0 radical (unpaired) electrons. The molecule has 1 saturated heterocycles. The number of rotatable bonds is 6. The molecule has 1 aromatic heterocycles. The number of carbonyl (C=O) groups excluding carboxylic acids is 1. The molecule has 146 valence electrons. The molecule has 1 saturated carbocycles. The summed E-state index contributed by atoms with van der Waals surface area (Å²) in [6, 6.07) is 0.208. The molecule has 2 aliphatic rings. The van der Waals surface area contributed by atoms with Crippen LogP contribution >= 0.6 is 0 Å². The molecule has 0 N–H and O–H groups in total. The topological polar surface area (TPSA) is 88.4 Å². The van der Waals surface area contributed by atoms with Crippen molar-refractivity contribution in [1.29, 1.82) is 0 Å². The molecule has 8 nitrogen and oxygen atoms in total. The number of hydrogen-bond acceptors (Lipinski definition) is 5. The van der Waals surface area contributed by atoms with E-state index >= 15 is 0 Å². The van der Waals surface area contributed by atoms with Crippen molar-refractivity contribution in [3.05, 3.63) is 11.9 Å². The highest BCUT2D eigenvalue weighted by Crippen LogP contribution is 2.56. The Kier molecular flexibility index (Phi) is 5.39. The fourth-order valence-electron chi connectivity index (χ4n) is 4.27. The van der Waals surface area contributed by atoms with Crippen LogP contribution in [0.3, 0.4) is 0 Å². The first-order valence-corrected chi connectivity index (χ1v) is 11.2. The summed E-state index contributed by atoms with van der Waals surface area (Å²) in [5, 5.41) is 8.33. The maximum Gasteiger partial charge on any atom is 0.276 e. The van der Waals surface area contributed by atoms with E-state index in [-0.39, 0.29) is 23.1 Å². The van der Waals surface area contributed by atoms with Gasteiger partial charge in [-0.25, -0.2) is 17.4 Å². The minimum atomic E-state index is -3.11. The van der Waals surface area contributed by atoms with Crippen LogP contribution in [-0.2, 0) is 10.0 Å². The van der Waals surface area contributed by atoms with Gasteiger partial charge in [-0.3, -0.25) is 4.79 Å². The fraction of sp³-hybridized carbons (Fsp3) is 0.824. The van der Waals surface area contributed by atoms with E-state index in [0.29, 0.717) is 31.9 Å². The maximum atomic E-state index is 12.4. The zero-order valence-corrected chi connectivity index (χ0v) is 16.7. The van der Waals surface area contributed by atoms with Gasteiger partial charge in [0.15, 0.2) is 5.69 Å². The average molecular weight is 384 g/mol.